The number of thiol groups is 1. The molecule has 0 saturated carbocycles. The average Bonchev–Trinajstić information content (AvgIpc) is 1.81. The van der Waals surface area contributed by atoms with Crippen LogP contribution in [0, 0.1) is 5.41 Å². The third-order valence-corrected chi connectivity index (χ3v) is 2.24. The minimum atomic E-state index is 0.497. The van der Waals surface area contributed by atoms with E-state index < -0.39 is 0 Å². The monoisotopic (exact) mass is 174 g/mol. The van der Waals surface area contributed by atoms with Crippen LogP contribution in [0.2, 0.25) is 0 Å². The molecule has 0 N–H and O–H groups in total. The second kappa shape index (κ2) is 5.08. The molecule has 0 aliphatic heterocycles. The zero-order valence-corrected chi connectivity index (χ0v) is 9.25. The standard InChI is InChI=1S/C10H22S/c1-5-6-7-10(3,4)8-9(2)11/h9,11H,5-8H2,1-4H3. The SMILES string of the molecule is CCCCC(C)(C)CC(C)S. The summed E-state index contributed by atoms with van der Waals surface area (Å²) in [5.41, 5.74) is 0.497. The van der Waals surface area contributed by atoms with Gasteiger partial charge in [-0.3, -0.25) is 0 Å². The third kappa shape index (κ3) is 6.74. The lowest BCUT2D eigenvalue weighted by Crippen LogP contribution is -2.15. The minimum Gasteiger partial charge on any atom is -0.176 e. The first-order chi connectivity index (χ1) is 4.98. The van der Waals surface area contributed by atoms with Crippen molar-refractivity contribution in [2.24, 2.45) is 5.41 Å². The molecule has 11 heavy (non-hydrogen) atoms. The molecule has 0 aliphatic carbocycles. The van der Waals surface area contributed by atoms with E-state index in [9.17, 15) is 0 Å². The number of hydrogen-bond donors (Lipinski definition) is 1. The lowest BCUT2D eigenvalue weighted by Gasteiger charge is -2.25. The highest BCUT2D eigenvalue weighted by Crippen LogP contribution is 2.30. The molecule has 1 atom stereocenters. The number of rotatable bonds is 5. The highest BCUT2D eigenvalue weighted by Gasteiger charge is 2.18. The van der Waals surface area contributed by atoms with Crippen molar-refractivity contribution in [1.82, 2.24) is 0 Å². The highest BCUT2D eigenvalue weighted by atomic mass is 32.1. The average molecular weight is 174 g/mol. The van der Waals surface area contributed by atoms with E-state index in [-0.39, 0.29) is 0 Å². The lowest BCUT2D eigenvalue weighted by molar-refractivity contribution is 0.299. The van der Waals surface area contributed by atoms with Crippen LogP contribution in [-0.2, 0) is 0 Å². The summed E-state index contributed by atoms with van der Waals surface area (Å²) in [6.07, 6.45) is 5.24. The zero-order chi connectivity index (χ0) is 8.91. The van der Waals surface area contributed by atoms with E-state index in [0.717, 1.165) is 0 Å². The summed E-state index contributed by atoms with van der Waals surface area (Å²) in [6.45, 7) is 9.11. The van der Waals surface area contributed by atoms with Gasteiger partial charge >= 0.3 is 0 Å². The van der Waals surface area contributed by atoms with Gasteiger partial charge in [-0.2, -0.15) is 12.6 Å². The maximum absolute atomic E-state index is 4.41. The summed E-state index contributed by atoms with van der Waals surface area (Å²) in [7, 11) is 0. The van der Waals surface area contributed by atoms with Gasteiger partial charge in [0.2, 0.25) is 0 Å². The minimum absolute atomic E-state index is 0.497. The lowest BCUT2D eigenvalue weighted by atomic mass is 9.83. The summed E-state index contributed by atoms with van der Waals surface area (Å²) in [6, 6.07) is 0. The molecule has 0 aliphatic rings. The Morgan fingerprint density at radius 3 is 2.27 bits per heavy atom. The Bertz CT molecular complexity index is 95.0. The molecule has 0 fully saturated rings. The smallest absolute Gasteiger partial charge is 0.000651 e. The van der Waals surface area contributed by atoms with Crippen molar-refractivity contribution >= 4 is 12.6 Å². The second-order valence-electron chi connectivity index (χ2n) is 4.32. The Morgan fingerprint density at radius 2 is 1.91 bits per heavy atom. The Labute approximate surface area is 77.2 Å². The predicted molar refractivity (Wildman–Crippen MR) is 56.4 cm³/mol. The van der Waals surface area contributed by atoms with Gasteiger partial charge in [-0.25, -0.2) is 0 Å². The fourth-order valence-corrected chi connectivity index (χ4v) is 2.05. The molecule has 0 bridgehead atoms. The van der Waals surface area contributed by atoms with Crippen molar-refractivity contribution in [1.29, 1.82) is 0 Å². The quantitative estimate of drug-likeness (QED) is 0.600. The van der Waals surface area contributed by atoms with Gasteiger partial charge in [0.05, 0.1) is 0 Å². The van der Waals surface area contributed by atoms with Gasteiger partial charge < -0.3 is 0 Å². The summed E-state index contributed by atoms with van der Waals surface area (Å²) in [5.74, 6) is 0. The van der Waals surface area contributed by atoms with Crippen LogP contribution in [0.25, 0.3) is 0 Å². The van der Waals surface area contributed by atoms with Gasteiger partial charge in [0, 0.05) is 0 Å². The normalized spacial score (nSPS) is 15.0. The summed E-state index contributed by atoms with van der Waals surface area (Å²) in [5, 5.41) is 0.543. The van der Waals surface area contributed by atoms with Crippen LogP contribution in [-0.4, -0.2) is 5.25 Å². The van der Waals surface area contributed by atoms with Crippen LogP contribution in [0.1, 0.15) is 53.4 Å². The van der Waals surface area contributed by atoms with Crippen LogP contribution < -0.4 is 0 Å². The summed E-state index contributed by atoms with van der Waals surface area (Å²) >= 11 is 4.41. The maximum atomic E-state index is 4.41. The van der Waals surface area contributed by atoms with Gasteiger partial charge in [-0.15, -0.1) is 0 Å². The van der Waals surface area contributed by atoms with Crippen molar-refractivity contribution in [3.63, 3.8) is 0 Å². The Kier molecular flexibility index (Phi) is 5.24. The molecule has 0 saturated heterocycles. The predicted octanol–water partition coefficient (Wildman–Crippen LogP) is 3.91. The molecule has 0 aromatic rings. The zero-order valence-electron chi connectivity index (χ0n) is 8.35. The molecule has 68 valence electrons. The van der Waals surface area contributed by atoms with Gasteiger partial charge in [0.1, 0.15) is 0 Å². The van der Waals surface area contributed by atoms with Gasteiger partial charge in [0.15, 0.2) is 0 Å². The van der Waals surface area contributed by atoms with E-state index in [1.807, 2.05) is 0 Å². The number of unbranched alkanes of at least 4 members (excludes halogenated alkanes) is 1. The number of hydrogen-bond acceptors (Lipinski definition) is 1. The van der Waals surface area contributed by atoms with E-state index in [1.165, 1.54) is 25.7 Å². The van der Waals surface area contributed by atoms with Crippen molar-refractivity contribution in [3.8, 4) is 0 Å². The van der Waals surface area contributed by atoms with Crippen LogP contribution in [0.15, 0.2) is 0 Å². The molecule has 0 spiro atoms. The molecule has 0 aromatic heterocycles. The molecule has 0 aromatic carbocycles. The first-order valence-corrected chi connectivity index (χ1v) is 5.17. The van der Waals surface area contributed by atoms with Crippen molar-refractivity contribution in [2.75, 3.05) is 0 Å². The van der Waals surface area contributed by atoms with Crippen LogP contribution in [0.5, 0.6) is 0 Å². The highest BCUT2D eigenvalue weighted by molar-refractivity contribution is 7.80. The van der Waals surface area contributed by atoms with Crippen molar-refractivity contribution < 1.29 is 0 Å². The Balaban J connectivity index is 3.61. The molecular formula is C10H22S. The van der Waals surface area contributed by atoms with E-state index >= 15 is 0 Å². The topological polar surface area (TPSA) is 0 Å². The van der Waals surface area contributed by atoms with Crippen LogP contribution in [0.4, 0.5) is 0 Å². The van der Waals surface area contributed by atoms with E-state index in [1.54, 1.807) is 0 Å². The Hall–Kier alpha value is 0.350. The molecule has 0 radical (unpaired) electrons. The molecular weight excluding hydrogens is 152 g/mol. The van der Waals surface area contributed by atoms with Crippen molar-refractivity contribution in [3.05, 3.63) is 0 Å². The fourth-order valence-electron chi connectivity index (χ4n) is 1.56. The summed E-state index contributed by atoms with van der Waals surface area (Å²) < 4.78 is 0. The molecule has 0 rings (SSSR count). The molecule has 0 heterocycles. The fraction of sp³-hybridized carbons (Fsp3) is 1.00. The summed E-state index contributed by atoms with van der Waals surface area (Å²) in [4.78, 5) is 0. The van der Waals surface area contributed by atoms with Gasteiger partial charge in [0.25, 0.3) is 0 Å². The van der Waals surface area contributed by atoms with Crippen LogP contribution >= 0.6 is 12.6 Å². The molecule has 1 heteroatoms. The molecule has 0 nitrogen and oxygen atoms in total. The van der Waals surface area contributed by atoms with Gasteiger partial charge in [-0.1, -0.05) is 40.5 Å². The van der Waals surface area contributed by atoms with Gasteiger partial charge in [-0.05, 0) is 23.5 Å². The van der Waals surface area contributed by atoms with E-state index in [4.69, 9.17) is 0 Å². The third-order valence-electron chi connectivity index (χ3n) is 2.06. The second-order valence-corrected chi connectivity index (χ2v) is 5.20. The molecule has 1 unspecified atom stereocenters. The first kappa shape index (κ1) is 11.4. The Morgan fingerprint density at radius 1 is 1.36 bits per heavy atom. The van der Waals surface area contributed by atoms with Crippen molar-refractivity contribution in [2.45, 2.75) is 58.6 Å². The van der Waals surface area contributed by atoms with Crippen LogP contribution in [0.3, 0.4) is 0 Å². The van der Waals surface area contributed by atoms with E-state index in [2.05, 4.69) is 40.3 Å². The maximum Gasteiger partial charge on any atom is -0.000651 e. The first-order valence-electron chi connectivity index (χ1n) is 4.66. The van der Waals surface area contributed by atoms with E-state index in [0.29, 0.717) is 10.7 Å². The molecule has 0 amide bonds. The largest absolute Gasteiger partial charge is 0.176 e.